The summed E-state index contributed by atoms with van der Waals surface area (Å²) in [5, 5.41) is 19.5. The van der Waals surface area contributed by atoms with E-state index in [2.05, 4.69) is 4.98 Å². The van der Waals surface area contributed by atoms with E-state index in [0.29, 0.717) is 18.5 Å². The van der Waals surface area contributed by atoms with Gasteiger partial charge in [-0.05, 0) is 30.7 Å². The zero-order valence-corrected chi connectivity index (χ0v) is 9.52. The first-order valence-corrected chi connectivity index (χ1v) is 5.99. The number of aliphatic hydroxyl groups is 2. The number of hydrogen-bond donors (Lipinski definition) is 3. The van der Waals surface area contributed by atoms with E-state index in [1.807, 2.05) is 12.1 Å². The summed E-state index contributed by atoms with van der Waals surface area (Å²) in [4.78, 5) is 4.15. The monoisotopic (exact) mass is 238 g/mol. The molecule has 5 heteroatoms. The highest BCUT2D eigenvalue weighted by atomic mass is 32.1. The molecule has 1 aromatic carbocycles. The minimum atomic E-state index is -0.880. The van der Waals surface area contributed by atoms with Gasteiger partial charge in [0.1, 0.15) is 6.10 Å². The third-order valence-electron chi connectivity index (χ3n) is 2.52. The lowest BCUT2D eigenvalue weighted by Gasteiger charge is -2.17. The Labute approximate surface area is 97.4 Å². The maximum atomic E-state index is 9.90. The van der Waals surface area contributed by atoms with Crippen molar-refractivity contribution in [2.75, 3.05) is 6.54 Å². The average Bonchev–Trinajstić information content (AvgIpc) is 2.75. The minimum absolute atomic E-state index is 0.362. The molecule has 1 heterocycles. The van der Waals surface area contributed by atoms with E-state index in [-0.39, 0.29) is 0 Å². The molecule has 0 amide bonds. The maximum absolute atomic E-state index is 9.90. The van der Waals surface area contributed by atoms with Crippen molar-refractivity contribution in [3.63, 3.8) is 0 Å². The molecule has 0 bridgehead atoms. The predicted octanol–water partition coefficient (Wildman–Crippen LogP) is 1.04. The minimum Gasteiger partial charge on any atom is -0.390 e. The van der Waals surface area contributed by atoms with Crippen LogP contribution in [0.4, 0.5) is 0 Å². The summed E-state index contributed by atoms with van der Waals surface area (Å²) in [6.45, 7) is 0.362. The number of nitrogens with zero attached hydrogens (tertiary/aromatic N) is 1. The molecule has 0 aliphatic heterocycles. The van der Waals surface area contributed by atoms with Crippen LogP contribution >= 0.6 is 11.3 Å². The highest BCUT2D eigenvalue weighted by molar-refractivity contribution is 7.16. The molecular weight excluding hydrogens is 224 g/mol. The Morgan fingerprint density at radius 1 is 1.38 bits per heavy atom. The SMILES string of the molecule is NCCC(O)C(O)c1ccc2ncsc2c1. The molecule has 0 saturated carbocycles. The first kappa shape index (κ1) is 11.5. The van der Waals surface area contributed by atoms with Crippen molar-refractivity contribution in [1.29, 1.82) is 0 Å². The number of aliphatic hydroxyl groups excluding tert-OH is 2. The number of thiazole rings is 1. The van der Waals surface area contributed by atoms with Gasteiger partial charge in [0, 0.05) is 0 Å². The summed E-state index contributed by atoms with van der Waals surface area (Å²) < 4.78 is 1.01. The van der Waals surface area contributed by atoms with Crippen molar-refractivity contribution in [2.45, 2.75) is 18.6 Å². The molecule has 0 radical (unpaired) electrons. The first-order valence-electron chi connectivity index (χ1n) is 5.11. The van der Waals surface area contributed by atoms with Crippen LogP contribution in [0.15, 0.2) is 23.7 Å². The molecule has 2 aromatic rings. The molecule has 16 heavy (non-hydrogen) atoms. The van der Waals surface area contributed by atoms with Crippen LogP contribution in [0.1, 0.15) is 18.1 Å². The van der Waals surface area contributed by atoms with Gasteiger partial charge in [-0.2, -0.15) is 0 Å². The second-order valence-corrected chi connectivity index (χ2v) is 4.56. The standard InChI is InChI=1S/C11H14N2O2S/c12-4-3-9(14)11(15)7-1-2-8-10(5-7)16-6-13-8/h1-2,5-6,9,11,14-15H,3-4,12H2. The largest absolute Gasteiger partial charge is 0.390 e. The van der Waals surface area contributed by atoms with Crippen LogP contribution in [0.2, 0.25) is 0 Å². The van der Waals surface area contributed by atoms with Gasteiger partial charge >= 0.3 is 0 Å². The molecule has 1 aromatic heterocycles. The summed E-state index contributed by atoms with van der Waals surface area (Å²) in [5.74, 6) is 0. The normalized spacial score (nSPS) is 15.2. The highest BCUT2D eigenvalue weighted by Gasteiger charge is 2.17. The Hall–Kier alpha value is -1.01. The summed E-state index contributed by atoms with van der Waals surface area (Å²) in [7, 11) is 0. The number of hydrogen-bond acceptors (Lipinski definition) is 5. The molecule has 0 saturated heterocycles. The number of nitrogens with two attached hydrogens (primary N) is 1. The van der Waals surface area contributed by atoms with Gasteiger partial charge in [-0.15, -0.1) is 11.3 Å². The van der Waals surface area contributed by atoms with E-state index in [4.69, 9.17) is 5.73 Å². The Bertz CT molecular complexity index is 472. The van der Waals surface area contributed by atoms with Gasteiger partial charge in [0.2, 0.25) is 0 Å². The van der Waals surface area contributed by atoms with Gasteiger partial charge in [-0.1, -0.05) is 6.07 Å². The third kappa shape index (κ3) is 2.22. The second-order valence-electron chi connectivity index (χ2n) is 3.67. The zero-order chi connectivity index (χ0) is 11.5. The Morgan fingerprint density at radius 3 is 2.94 bits per heavy atom. The Kier molecular flexibility index (Phi) is 3.50. The van der Waals surface area contributed by atoms with Gasteiger partial charge in [-0.25, -0.2) is 4.98 Å². The Morgan fingerprint density at radius 2 is 2.19 bits per heavy atom. The lowest BCUT2D eigenvalue weighted by molar-refractivity contribution is 0.0151. The summed E-state index contributed by atoms with van der Waals surface area (Å²) >= 11 is 1.52. The molecular formula is C11H14N2O2S. The van der Waals surface area contributed by atoms with Crippen LogP contribution in [-0.2, 0) is 0 Å². The predicted molar refractivity (Wildman–Crippen MR) is 64.3 cm³/mol. The molecule has 4 nitrogen and oxygen atoms in total. The third-order valence-corrected chi connectivity index (χ3v) is 3.32. The van der Waals surface area contributed by atoms with E-state index in [9.17, 15) is 10.2 Å². The molecule has 0 fully saturated rings. The van der Waals surface area contributed by atoms with Crippen molar-refractivity contribution >= 4 is 21.6 Å². The van der Waals surface area contributed by atoms with Gasteiger partial charge in [0.15, 0.2) is 0 Å². The molecule has 86 valence electrons. The van der Waals surface area contributed by atoms with Gasteiger partial charge in [0.25, 0.3) is 0 Å². The fourth-order valence-electron chi connectivity index (χ4n) is 1.61. The molecule has 4 N–H and O–H groups in total. The van der Waals surface area contributed by atoms with Gasteiger partial charge in [0.05, 0.1) is 21.8 Å². The lowest BCUT2D eigenvalue weighted by Crippen LogP contribution is -2.21. The van der Waals surface area contributed by atoms with Gasteiger partial charge < -0.3 is 15.9 Å². The van der Waals surface area contributed by atoms with Crippen molar-refractivity contribution in [3.8, 4) is 0 Å². The number of aromatic nitrogens is 1. The fourth-order valence-corrected chi connectivity index (χ4v) is 2.33. The van der Waals surface area contributed by atoms with Crippen molar-refractivity contribution in [3.05, 3.63) is 29.3 Å². The van der Waals surface area contributed by atoms with E-state index >= 15 is 0 Å². The molecule has 0 spiro atoms. The molecule has 0 aliphatic rings. The molecule has 2 unspecified atom stereocenters. The summed E-state index contributed by atoms with van der Waals surface area (Å²) in [6, 6.07) is 5.49. The highest BCUT2D eigenvalue weighted by Crippen LogP contribution is 2.25. The molecule has 2 atom stereocenters. The van der Waals surface area contributed by atoms with Crippen molar-refractivity contribution < 1.29 is 10.2 Å². The van der Waals surface area contributed by atoms with Crippen LogP contribution in [0.5, 0.6) is 0 Å². The van der Waals surface area contributed by atoms with Crippen molar-refractivity contribution in [2.24, 2.45) is 5.73 Å². The quantitative estimate of drug-likeness (QED) is 0.743. The van der Waals surface area contributed by atoms with Crippen LogP contribution < -0.4 is 5.73 Å². The van der Waals surface area contributed by atoms with Crippen LogP contribution in [0, 0.1) is 0 Å². The van der Waals surface area contributed by atoms with E-state index in [1.165, 1.54) is 11.3 Å². The van der Waals surface area contributed by atoms with Crippen LogP contribution in [-0.4, -0.2) is 27.8 Å². The number of rotatable bonds is 4. The van der Waals surface area contributed by atoms with Crippen molar-refractivity contribution in [1.82, 2.24) is 4.98 Å². The maximum Gasteiger partial charge on any atom is 0.105 e. The average molecular weight is 238 g/mol. The summed E-state index contributed by atoms with van der Waals surface area (Å²) in [6.07, 6.45) is -1.30. The Balaban J connectivity index is 2.24. The first-order chi connectivity index (χ1) is 7.72. The van der Waals surface area contributed by atoms with E-state index in [1.54, 1.807) is 11.6 Å². The topological polar surface area (TPSA) is 79.4 Å². The zero-order valence-electron chi connectivity index (χ0n) is 8.71. The second kappa shape index (κ2) is 4.88. The lowest BCUT2D eigenvalue weighted by atomic mass is 10.0. The summed E-state index contributed by atoms with van der Waals surface area (Å²) in [5.41, 5.74) is 8.72. The van der Waals surface area contributed by atoms with E-state index in [0.717, 1.165) is 10.2 Å². The number of fused-ring (bicyclic) bond motifs is 1. The molecule has 0 aliphatic carbocycles. The fraction of sp³-hybridized carbons (Fsp3) is 0.364. The van der Waals surface area contributed by atoms with E-state index < -0.39 is 12.2 Å². The van der Waals surface area contributed by atoms with Crippen LogP contribution in [0.25, 0.3) is 10.2 Å². The van der Waals surface area contributed by atoms with Crippen LogP contribution in [0.3, 0.4) is 0 Å². The molecule has 2 rings (SSSR count). The van der Waals surface area contributed by atoms with Gasteiger partial charge in [-0.3, -0.25) is 0 Å². The smallest absolute Gasteiger partial charge is 0.105 e. The number of benzene rings is 1.